The summed E-state index contributed by atoms with van der Waals surface area (Å²) in [6.45, 7) is 2.70. The Kier molecular flexibility index (Phi) is 8.37. The quantitative estimate of drug-likeness (QED) is 0.610. The minimum Gasteiger partial charge on any atom is -0.487 e. The van der Waals surface area contributed by atoms with E-state index in [1.807, 2.05) is 30.3 Å². The van der Waals surface area contributed by atoms with E-state index in [-0.39, 0.29) is 23.2 Å². The summed E-state index contributed by atoms with van der Waals surface area (Å²) in [5.74, 6) is -1.76. The Morgan fingerprint density at radius 1 is 1.11 bits per heavy atom. The number of carboxylic acid groups (broad SMARTS) is 1. The number of ether oxygens (including phenoxy) is 1. The molecule has 0 saturated carbocycles. The van der Waals surface area contributed by atoms with Gasteiger partial charge in [-0.05, 0) is 48.6 Å². The fourth-order valence-electron chi connectivity index (χ4n) is 4.53. The van der Waals surface area contributed by atoms with Crippen LogP contribution in [-0.4, -0.2) is 53.8 Å². The van der Waals surface area contributed by atoms with Crippen molar-refractivity contribution in [2.75, 3.05) is 20.1 Å². The van der Waals surface area contributed by atoms with Crippen LogP contribution in [-0.2, 0) is 16.1 Å². The number of nitrogens with one attached hydrogen (secondary N) is 1. The Labute approximate surface area is 200 Å². The van der Waals surface area contributed by atoms with Gasteiger partial charge in [0.15, 0.2) is 0 Å². The summed E-state index contributed by atoms with van der Waals surface area (Å²) in [5.41, 5.74) is 2.07. The van der Waals surface area contributed by atoms with E-state index in [9.17, 15) is 22.4 Å². The summed E-state index contributed by atoms with van der Waals surface area (Å²) in [5, 5.41) is 9.88. The number of carbonyl (C=O) groups is 2. The van der Waals surface area contributed by atoms with Crippen LogP contribution in [0.4, 0.5) is 17.6 Å². The molecule has 2 aromatic rings. The van der Waals surface area contributed by atoms with E-state index in [0.29, 0.717) is 6.42 Å². The molecule has 2 aliphatic rings. The molecule has 0 aliphatic carbocycles. The number of para-hydroxylation sites is 1. The van der Waals surface area contributed by atoms with Crippen molar-refractivity contribution < 1.29 is 37.0 Å². The largest absolute Gasteiger partial charge is 0.490 e. The molecule has 4 rings (SSSR count). The molecule has 6 nitrogen and oxygen atoms in total. The summed E-state index contributed by atoms with van der Waals surface area (Å²) in [4.78, 5) is 23.3. The molecule has 2 N–H and O–H groups in total. The number of rotatable bonds is 4. The second-order valence-electron chi connectivity index (χ2n) is 8.81. The Morgan fingerprint density at radius 2 is 1.71 bits per heavy atom. The number of benzene rings is 2. The zero-order chi connectivity index (χ0) is 25.6. The van der Waals surface area contributed by atoms with Crippen molar-refractivity contribution in [3.05, 3.63) is 65.5 Å². The lowest BCUT2D eigenvalue weighted by molar-refractivity contribution is -0.192. The van der Waals surface area contributed by atoms with Gasteiger partial charge in [0.25, 0.3) is 0 Å². The molecule has 10 heteroatoms. The summed E-state index contributed by atoms with van der Waals surface area (Å²) >= 11 is 0. The molecule has 2 heterocycles. The zero-order valence-corrected chi connectivity index (χ0v) is 19.3. The Balaban J connectivity index is 0.000000429. The molecule has 1 saturated heterocycles. The van der Waals surface area contributed by atoms with E-state index in [1.165, 1.54) is 12.1 Å². The first-order valence-corrected chi connectivity index (χ1v) is 11.3. The van der Waals surface area contributed by atoms with Crippen LogP contribution in [0.3, 0.4) is 0 Å². The lowest BCUT2D eigenvalue weighted by Gasteiger charge is -2.47. The van der Waals surface area contributed by atoms with Crippen molar-refractivity contribution in [1.29, 1.82) is 0 Å². The van der Waals surface area contributed by atoms with Gasteiger partial charge in [-0.2, -0.15) is 13.2 Å². The highest BCUT2D eigenvalue weighted by Gasteiger charge is 2.43. The predicted octanol–water partition coefficient (Wildman–Crippen LogP) is 4.50. The fraction of sp³-hybridized carbons (Fsp3) is 0.440. The van der Waals surface area contributed by atoms with E-state index in [2.05, 4.69) is 16.3 Å². The van der Waals surface area contributed by atoms with Crippen molar-refractivity contribution in [2.45, 2.75) is 49.9 Å². The number of hydrogen-bond donors (Lipinski definition) is 2. The molecule has 2 aromatic carbocycles. The summed E-state index contributed by atoms with van der Waals surface area (Å²) in [6.07, 6.45) is -1.83. The Hall–Kier alpha value is -3.14. The third kappa shape index (κ3) is 7.17. The lowest BCUT2D eigenvalue weighted by Crippen LogP contribution is -2.50. The molecule has 1 fully saturated rings. The smallest absolute Gasteiger partial charge is 0.487 e. The van der Waals surface area contributed by atoms with Crippen LogP contribution in [0.1, 0.15) is 42.7 Å². The molecular formula is C25H28F4N2O4. The number of amides is 1. The molecule has 1 spiro atoms. The molecular weight excluding hydrogens is 468 g/mol. The molecule has 0 bridgehead atoms. The van der Waals surface area contributed by atoms with Crippen LogP contribution in [0.5, 0.6) is 5.75 Å². The number of carboxylic acids is 1. The third-order valence-corrected chi connectivity index (χ3v) is 6.34. The monoisotopic (exact) mass is 496 g/mol. The van der Waals surface area contributed by atoms with Crippen molar-refractivity contribution in [3.8, 4) is 5.75 Å². The summed E-state index contributed by atoms with van der Waals surface area (Å²) in [6, 6.07) is 14.9. The first-order chi connectivity index (χ1) is 16.5. The Morgan fingerprint density at radius 3 is 2.29 bits per heavy atom. The van der Waals surface area contributed by atoms with E-state index in [0.717, 1.165) is 55.8 Å². The minimum atomic E-state index is -5.08. The van der Waals surface area contributed by atoms with Gasteiger partial charge in [-0.1, -0.05) is 30.3 Å². The number of halogens is 4. The number of fused-ring (bicyclic) bond motifs is 1. The van der Waals surface area contributed by atoms with Gasteiger partial charge in [-0.25, -0.2) is 9.18 Å². The second-order valence-corrected chi connectivity index (χ2v) is 8.81. The molecule has 1 amide bonds. The number of alkyl halides is 3. The topological polar surface area (TPSA) is 78.9 Å². The average Bonchev–Trinajstić information content (AvgIpc) is 2.82. The van der Waals surface area contributed by atoms with Crippen LogP contribution >= 0.6 is 0 Å². The van der Waals surface area contributed by atoms with Crippen LogP contribution in [0, 0.1) is 5.82 Å². The van der Waals surface area contributed by atoms with Gasteiger partial charge in [-0.3, -0.25) is 9.69 Å². The first-order valence-electron chi connectivity index (χ1n) is 11.3. The van der Waals surface area contributed by atoms with Gasteiger partial charge in [0, 0.05) is 39.0 Å². The highest BCUT2D eigenvalue weighted by Crippen LogP contribution is 2.46. The van der Waals surface area contributed by atoms with Crippen LogP contribution in [0.15, 0.2) is 48.5 Å². The minimum absolute atomic E-state index is 0.0746. The van der Waals surface area contributed by atoms with Crippen molar-refractivity contribution in [1.82, 2.24) is 10.2 Å². The molecule has 1 unspecified atom stereocenters. The zero-order valence-electron chi connectivity index (χ0n) is 19.3. The molecule has 0 aromatic heterocycles. The highest BCUT2D eigenvalue weighted by atomic mass is 19.4. The highest BCUT2D eigenvalue weighted by molar-refractivity contribution is 5.76. The maximum atomic E-state index is 13.1. The summed E-state index contributed by atoms with van der Waals surface area (Å²) in [7, 11) is 1.69. The predicted molar refractivity (Wildman–Crippen MR) is 120 cm³/mol. The van der Waals surface area contributed by atoms with E-state index in [4.69, 9.17) is 14.6 Å². The number of aliphatic carboxylic acids is 1. The van der Waals surface area contributed by atoms with Crippen molar-refractivity contribution in [3.63, 3.8) is 0 Å². The first kappa shape index (κ1) is 26.5. The van der Waals surface area contributed by atoms with Crippen LogP contribution in [0.2, 0.25) is 0 Å². The second kappa shape index (κ2) is 11.1. The fourth-order valence-corrected chi connectivity index (χ4v) is 4.53. The van der Waals surface area contributed by atoms with Crippen LogP contribution < -0.4 is 10.1 Å². The molecule has 1 atom stereocenters. The van der Waals surface area contributed by atoms with E-state index in [1.54, 1.807) is 7.05 Å². The van der Waals surface area contributed by atoms with Gasteiger partial charge in [0.2, 0.25) is 5.91 Å². The Bertz CT molecular complexity index is 1020. The number of carbonyl (C=O) groups excluding carboxylic acids is 1. The number of likely N-dealkylation sites (tertiary alicyclic amines) is 1. The van der Waals surface area contributed by atoms with Gasteiger partial charge in [0.05, 0.1) is 0 Å². The third-order valence-electron chi connectivity index (χ3n) is 6.34. The van der Waals surface area contributed by atoms with Gasteiger partial charge in [0.1, 0.15) is 17.2 Å². The summed E-state index contributed by atoms with van der Waals surface area (Å²) < 4.78 is 51.4. The number of nitrogens with zero attached hydrogens (tertiary/aromatic N) is 1. The van der Waals surface area contributed by atoms with Crippen molar-refractivity contribution in [2.24, 2.45) is 0 Å². The molecule has 2 aliphatic heterocycles. The standard InChI is InChI=1S/C23H27FN2O2.C2HF3O2/c1-25-22(27)14-18-15-23(28-21-5-3-2-4-20(18)21)10-12-26(13-11-23)16-17-6-8-19(24)9-7-17;3-2(4,5)1(6)7/h2-9,18H,10-16H2,1H3,(H,25,27);(H,6,7). The SMILES string of the molecule is CNC(=O)CC1CC2(CCN(Cc3ccc(F)cc3)CC2)Oc2ccccc21.O=C(O)C(F)(F)F. The maximum Gasteiger partial charge on any atom is 0.490 e. The molecule has 35 heavy (non-hydrogen) atoms. The van der Waals surface area contributed by atoms with Crippen LogP contribution in [0.25, 0.3) is 0 Å². The average molecular weight is 497 g/mol. The lowest BCUT2D eigenvalue weighted by atomic mass is 9.76. The van der Waals surface area contributed by atoms with Gasteiger partial charge < -0.3 is 15.2 Å². The van der Waals surface area contributed by atoms with E-state index < -0.39 is 12.1 Å². The number of hydrogen-bond acceptors (Lipinski definition) is 4. The van der Waals surface area contributed by atoms with Crippen molar-refractivity contribution >= 4 is 11.9 Å². The normalized spacial score (nSPS) is 19.1. The maximum absolute atomic E-state index is 13.1. The molecule has 190 valence electrons. The van der Waals surface area contributed by atoms with Gasteiger partial charge in [-0.15, -0.1) is 0 Å². The van der Waals surface area contributed by atoms with Gasteiger partial charge >= 0.3 is 12.1 Å². The van der Waals surface area contributed by atoms with E-state index >= 15 is 0 Å². The number of piperidine rings is 1. The molecule has 0 radical (unpaired) electrons.